The molecule has 0 saturated carbocycles. The first-order valence-corrected chi connectivity index (χ1v) is 16.5. The summed E-state index contributed by atoms with van der Waals surface area (Å²) in [5.74, 6) is -1.52. The van der Waals surface area contributed by atoms with E-state index in [0.717, 1.165) is 12.0 Å². The number of hydrogen-bond donors (Lipinski definition) is 4. The summed E-state index contributed by atoms with van der Waals surface area (Å²) in [4.78, 5) is 59.1. The van der Waals surface area contributed by atoms with Crippen LogP contribution in [0.3, 0.4) is 0 Å². The number of carbonyl (C=O) groups excluding carboxylic acids is 4. The van der Waals surface area contributed by atoms with Crippen molar-refractivity contribution in [3.8, 4) is 11.5 Å². The van der Waals surface area contributed by atoms with Crippen LogP contribution >= 0.6 is 0 Å². The molecule has 2 bridgehead atoms. The lowest BCUT2D eigenvalue weighted by atomic mass is 9.96. The van der Waals surface area contributed by atoms with E-state index in [2.05, 4.69) is 16.0 Å². The van der Waals surface area contributed by atoms with Gasteiger partial charge in [-0.05, 0) is 49.7 Å². The zero-order valence-corrected chi connectivity index (χ0v) is 28.2. The molecule has 3 aliphatic heterocycles. The van der Waals surface area contributed by atoms with Crippen LogP contribution in [-0.2, 0) is 25.6 Å². The number of phenols is 1. The maximum atomic E-state index is 14.5. The number of benzene rings is 2. The Hall–Kier alpha value is -4.38. The maximum Gasteiger partial charge on any atom is 0.247 e. The van der Waals surface area contributed by atoms with E-state index in [0.29, 0.717) is 24.2 Å². The van der Waals surface area contributed by atoms with Crippen LogP contribution in [0.1, 0.15) is 58.1 Å². The Balaban J connectivity index is 1.72. The van der Waals surface area contributed by atoms with E-state index in [4.69, 9.17) is 4.74 Å². The van der Waals surface area contributed by atoms with Crippen LogP contribution in [0, 0.1) is 11.8 Å². The number of amides is 4. The highest BCUT2D eigenvalue weighted by Gasteiger charge is 2.47. The predicted octanol–water partition coefficient (Wildman–Crippen LogP) is 3.08. The summed E-state index contributed by atoms with van der Waals surface area (Å²) < 4.78 is 6.28. The topological polar surface area (TPSA) is 140 Å². The van der Waals surface area contributed by atoms with Crippen LogP contribution < -0.4 is 20.7 Å². The largest absolute Gasteiger partial charge is 0.507 e. The molecule has 2 aromatic carbocycles. The average Bonchev–Trinajstić information content (AvgIpc) is 3.46. The number of likely N-dealkylation sites (tertiary alicyclic amines) is 1. The molecule has 4 N–H and O–H groups in total. The van der Waals surface area contributed by atoms with Crippen LogP contribution in [0.2, 0.25) is 0 Å². The number of ether oxygens (including phenoxy) is 1. The van der Waals surface area contributed by atoms with E-state index in [1.165, 1.54) is 17.2 Å². The molecule has 4 amide bonds. The van der Waals surface area contributed by atoms with Crippen molar-refractivity contribution >= 4 is 29.7 Å². The number of phenolic OH excluding ortho intramolecular Hbond substituents is 1. The lowest BCUT2D eigenvalue weighted by Crippen LogP contribution is -2.61. The number of nitrogens with one attached hydrogen (secondary N) is 3. The second-order valence-corrected chi connectivity index (χ2v) is 12.9. The molecule has 11 nitrogen and oxygen atoms in total. The Labute approximate surface area is 277 Å². The number of aromatic hydroxyl groups is 1. The molecule has 3 aliphatic rings. The first-order chi connectivity index (χ1) is 22.4. The number of rotatable bonds is 10. The summed E-state index contributed by atoms with van der Waals surface area (Å²) in [6, 6.07) is 10.8. The Morgan fingerprint density at radius 1 is 1.06 bits per heavy atom. The maximum absolute atomic E-state index is 14.5. The van der Waals surface area contributed by atoms with Gasteiger partial charge in [0.25, 0.3) is 0 Å². The van der Waals surface area contributed by atoms with E-state index in [-0.39, 0.29) is 36.5 Å². The summed E-state index contributed by atoms with van der Waals surface area (Å²) in [5.41, 5.74) is 1.34. The molecule has 0 unspecified atom stereocenters. The van der Waals surface area contributed by atoms with Gasteiger partial charge in [0.15, 0.2) is 0 Å². The fraction of sp³-hybridized carbons (Fsp3) is 0.500. The van der Waals surface area contributed by atoms with Gasteiger partial charge in [0.1, 0.15) is 35.7 Å². The number of hydrogen-bond acceptors (Lipinski definition) is 7. The van der Waals surface area contributed by atoms with E-state index in [1.54, 1.807) is 18.2 Å². The zero-order valence-electron chi connectivity index (χ0n) is 28.2. The minimum absolute atomic E-state index is 0.0358. The molecule has 1 saturated heterocycles. The van der Waals surface area contributed by atoms with E-state index >= 15 is 0 Å². The molecule has 0 aliphatic carbocycles. The fourth-order valence-corrected chi connectivity index (χ4v) is 6.33. The van der Waals surface area contributed by atoms with Crippen molar-refractivity contribution in [2.24, 2.45) is 11.8 Å². The smallest absolute Gasteiger partial charge is 0.247 e. The van der Waals surface area contributed by atoms with Crippen molar-refractivity contribution in [3.63, 3.8) is 0 Å². The van der Waals surface area contributed by atoms with Gasteiger partial charge in [-0.15, -0.1) is 0 Å². The lowest BCUT2D eigenvalue weighted by Gasteiger charge is -2.34. The minimum atomic E-state index is -1.10. The number of nitrogens with zero attached hydrogens (tertiary/aromatic N) is 2. The van der Waals surface area contributed by atoms with Crippen molar-refractivity contribution in [2.75, 3.05) is 20.6 Å². The Kier molecular flexibility index (Phi) is 12.0. The first-order valence-electron chi connectivity index (χ1n) is 16.5. The van der Waals surface area contributed by atoms with Gasteiger partial charge in [0.2, 0.25) is 23.6 Å². The highest BCUT2D eigenvalue weighted by atomic mass is 16.5. The van der Waals surface area contributed by atoms with Gasteiger partial charge in [-0.1, -0.05) is 70.9 Å². The molecule has 254 valence electrons. The van der Waals surface area contributed by atoms with Gasteiger partial charge < -0.3 is 30.7 Å². The molecule has 0 aromatic heterocycles. The molecular formula is C36H49N5O6. The highest BCUT2D eigenvalue weighted by Crippen LogP contribution is 2.30. The highest BCUT2D eigenvalue weighted by molar-refractivity contribution is 5.96. The van der Waals surface area contributed by atoms with Crippen molar-refractivity contribution < 1.29 is 29.0 Å². The van der Waals surface area contributed by atoms with Crippen molar-refractivity contribution in [1.82, 2.24) is 25.8 Å². The molecule has 2 aromatic rings. The van der Waals surface area contributed by atoms with Crippen molar-refractivity contribution in [3.05, 3.63) is 65.9 Å². The van der Waals surface area contributed by atoms with Crippen LogP contribution in [-0.4, -0.2) is 89.4 Å². The van der Waals surface area contributed by atoms with Crippen LogP contribution in [0.25, 0.3) is 6.08 Å². The monoisotopic (exact) mass is 647 g/mol. The first kappa shape index (κ1) is 35.5. The Morgan fingerprint density at radius 3 is 2.43 bits per heavy atom. The fourth-order valence-electron chi connectivity index (χ4n) is 6.33. The third-order valence-corrected chi connectivity index (χ3v) is 9.37. The number of likely N-dealkylation sites (N-methyl/N-ethyl adjacent to an activating group) is 1. The van der Waals surface area contributed by atoms with Gasteiger partial charge in [-0.3, -0.25) is 24.1 Å². The van der Waals surface area contributed by atoms with Gasteiger partial charge in [0.05, 0.1) is 6.04 Å². The van der Waals surface area contributed by atoms with Gasteiger partial charge in [-0.2, -0.15) is 0 Å². The molecule has 1 fully saturated rings. The third-order valence-electron chi connectivity index (χ3n) is 9.37. The van der Waals surface area contributed by atoms with Crippen LogP contribution in [0.4, 0.5) is 0 Å². The molecule has 7 atom stereocenters. The van der Waals surface area contributed by atoms with E-state index < -0.39 is 48.0 Å². The van der Waals surface area contributed by atoms with Gasteiger partial charge in [0, 0.05) is 37.2 Å². The predicted molar refractivity (Wildman–Crippen MR) is 180 cm³/mol. The van der Waals surface area contributed by atoms with E-state index in [9.17, 15) is 24.3 Å². The SMILES string of the molecule is CC[C@H](C)[C@@H]1NC(=O)[C@@H]2[C@H](CCN2C(=O)[C@H](Cc2ccccc2)NC(=O)[C@H]([C@@H](C)CC)N(C)C)Oc2ccc(c(O)c2)/C=C\NC1=O. The van der Waals surface area contributed by atoms with Crippen molar-refractivity contribution in [2.45, 2.75) is 83.6 Å². The Morgan fingerprint density at radius 2 is 1.79 bits per heavy atom. The molecular weight excluding hydrogens is 598 g/mol. The second-order valence-electron chi connectivity index (χ2n) is 12.9. The summed E-state index contributed by atoms with van der Waals surface area (Å²) in [5, 5.41) is 19.3. The van der Waals surface area contributed by atoms with Crippen molar-refractivity contribution in [1.29, 1.82) is 0 Å². The summed E-state index contributed by atoms with van der Waals surface area (Å²) in [7, 11) is 3.69. The number of carbonyl (C=O) groups is 4. The van der Waals surface area contributed by atoms with Crippen LogP contribution in [0.15, 0.2) is 54.7 Å². The van der Waals surface area contributed by atoms with E-state index in [1.807, 2.05) is 77.0 Å². The number of fused-ring (bicyclic) bond motifs is 7. The van der Waals surface area contributed by atoms with Gasteiger partial charge in [-0.25, -0.2) is 0 Å². The standard InChI is InChI=1S/C36H49N5O6/c1-7-22(3)30-33(43)37-18-16-25-14-15-26(21-28(25)42)47-29-17-19-41(32(29)35(45)39-30)36(46)27(20-24-12-10-9-11-13-24)38-34(44)31(40(5)6)23(4)8-2/h9-16,18,21-23,27,29-32,42H,7-8,17,19-20H2,1-6H3,(H,37,43)(H,38,44)(H,39,45)/b18-16-/t22-,23-,27-,29-,30-,31-,32-/m0/s1. The zero-order chi connectivity index (χ0) is 34.2. The summed E-state index contributed by atoms with van der Waals surface area (Å²) >= 11 is 0. The Bertz CT molecular complexity index is 1450. The summed E-state index contributed by atoms with van der Waals surface area (Å²) in [6.45, 7) is 8.02. The minimum Gasteiger partial charge on any atom is -0.507 e. The summed E-state index contributed by atoms with van der Waals surface area (Å²) in [6.07, 6.45) is 4.17. The molecule has 0 radical (unpaired) electrons. The lowest BCUT2D eigenvalue weighted by molar-refractivity contribution is -0.144. The normalized spacial score (nSPS) is 23.0. The second kappa shape index (κ2) is 15.9. The molecule has 11 heteroatoms. The molecule has 0 spiro atoms. The van der Waals surface area contributed by atoms with Crippen LogP contribution in [0.5, 0.6) is 11.5 Å². The quantitative estimate of drug-likeness (QED) is 0.311. The average molecular weight is 648 g/mol. The molecule has 47 heavy (non-hydrogen) atoms. The third kappa shape index (κ3) is 8.51. The molecule has 3 heterocycles. The molecule has 5 rings (SSSR count). The van der Waals surface area contributed by atoms with Gasteiger partial charge >= 0.3 is 0 Å².